The molecule has 37 heavy (non-hydrogen) atoms. The van der Waals surface area contributed by atoms with Crippen LogP contribution in [0.4, 0.5) is 0 Å². The van der Waals surface area contributed by atoms with Crippen LogP contribution in [-0.2, 0) is 19.4 Å². The number of rotatable bonds is 5. The average Bonchev–Trinajstić information content (AvgIpc) is 3.61. The van der Waals surface area contributed by atoms with Crippen molar-refractivity contribution < 1.29 is 0 Å². The number of H-pyrrole nitrogens is 2. The van der Waals surface area contributed by atoms with E-state index in [-0.39, 0.29) is 0 Å². The van der Waals surface area contributed by atoms with Crippen LogP contribution in [0.3, 0.4) is 0 Å². The molecule has 6 heteroatoms. The molecule has 5 atom stereocenters. The number of benzene rings is 3. The van der Waals surface area contributed by atoms with Crippen LogP contribution in [0.5, 0.6) is 0 Å². The fraction of sp³-hybridized carbons (Fsp3) is 0.355. The van der Waals surface area contributed by atoms with Gasteiger partial charge in [0.15, 0.2) is 0 Å². The van der Waals surface area contributed by atoms with E-state index in [1.165, 1.54) is 58.1 Å². The second-order valence-corrected chi connectivity index (χ2v) is 11.7. The lowest BCUT2D eigenvalue weighted by Crippen LogP contribution is -2.25. The van der Waals surface area contributed by atoms with Gasteiger partial charge in [-0.25, -0.2) is 9.97 Å². The molecule has 184 valence electrons. The molecule has 2 aliphatic heterocycles. The zero-order valence-electron chi connectivity index (χ0n) is 21.0. The van der Waals surface area contributed by atoms with Gasteiger partial charge in [-0.15, -0.1) is 0 Å². The minimum Gasteiger partial charge on any atom is -0.344 e. The second-order valence-electron chi connectivity index (χ2n) is 11.7. The summed E-state index contributed by atoms with van der Waals surface area (Å²) in [6.45, 7) is 4.38. The monoisotopic (exact) mass is 486 g/mol. The van der Waals surface area contributed by atoms with E-state index < -0.39 is 0 Å². The first-order valence-electron chi connectivity index (χ1n) is 13.8. The van der Waals surface area contributed by atoms with Crippen molar-refractivity contribution in [3.63, 3.8) is 0 Å². The summed E-state index contributed by atoms with van der Waals surface area (Å²) in [5, 5.41) is 6.10. The van der Waals surface area contributed by atoms with E-state index in [9.17, 15) is 0 Å². The fourth-order valence-electron chi connectivity index (χ4n) is 6.73. The molecule has 1 saturated carbocycles. The third kappa shape index (κ3) is 3.19. The Morgan fingerprint density at radius 2 is 1.86 bits per heavy atom. The molecule has 5 aromatic rings. The van der Waals surface area contributed by atoms with Gasteiger partial charge in [0.25, 0.3) is 0 Å². The van der Waals surface area contributed by atoms with Crippen LogP contribution in [0.25, 0.3) is 44.2 Å². The normalized spacial score (nSPS) is 27.0. The molecule has 4 aliphatic rings. The highest BCUT2D eigenvalue weighted by molar-refractivity contribution is 6.05. The average molecular weight is 487 g/mol. The number of aryl methyl sites for hydroxylation is 2. The number of nitrogens with zero attached hydrogens (tertiary/aromatic N) is 3. The molecule has 9 rings (SSSR count). The van der Waals surface area contributed by atoms with Gasteiger partial charge in [0, 0.05) is 35.3 Å². The van der Waals surface area contributed by atoms with Gasteiger partial charge < -0.3 is 15.3 Å². The lowest BCUT2D eigenvalue weighted by Gasteiger charge is -2.24. The SMILES string of the molecule is CC1CC1NCc1nc2c([nH]1)CCc1cc(-c3ccc4c(ccc5[nH]c([C@@H]6C[C@H]7CN76)nc54)c3)ccc1-2. The third-order valence-corrected chi connectivity index (χ3v) is 9.26. The Balaban J connectivity index is 1.03. The summed E-state index contributed by atoms with van der Waals surface area (Å²) in [5.74, 6) is 3.00. The molecule has 0 bridgehead atoms. The van der Waals surface area contributed by atoms with Crippen LogP contribution in [0.15, 0.2) is 48.5 Å². The summed E-state index contributed by atoms with van der Waals surface area (Å²) >= 11 is 0. The quantitative estimate of drug-likeness (QED) is 0.287. The topological polar surface area (TPSA) is 72.4 Å². The zero-order valence-corrected chi connectivity index (χ0v) is 21.0. The van der Waals surface area contributed by atoms with Gasteiger partial charge in [-0.3, -0.25) is 4.90 Å². The molecule has 4 heterocycles. The molecule has 0 amide bonds. The molecule has 2 saturated heterocycles. The highest BCUT2D eigenvalue weighted by atomic mass is 15.4. The Morgan fingerprint density at radius 1 is 0.973 bits per heavy atom. The molecule has 6 nitrogen and oxygen atoms in total. The second kappa shape index (κ2) is 7.30. The van der Waals surface area contributed by atoms with E-state index in [2.05, 4.69) is 75.6 Å². The maximum atomic E-state index is 5.04. The number of hydrogen-bond donors (Lipinski definition) is 3. The Morgan fingerprint density at radius 3 is 2.70 bits per heavy atom. The van der Waals surface area contributed by atoms with E-state index >= 15 is 0 Å². The summed E-state index contributed by atoms with van der Waals surface area (Å²) in [7, 11) is 0. The summed E-state index contributed by atoms with van der Waals surface area (Å²) in [5.41, 5.74) is 9.87. The van der Waals surface area contributed by atoms with Crippen molar-refractivity contribution in [3.05, 3.63) is 71.4 Å². The van der Waals surface area contributed by atoms with Gasteiger partial charge in [-0.05, 0) is 65.8 Å². The maximum Gasteiger partial charge on any atom is 0.124 e. The highest BCUT2D eigenvalue weighted by Gasteiger charge is 2.52. The predicted molar refractivity (Wildman–Crippen MR) is 146 cm³/mol. The fourth-order valence-corrected chi connectivity index (χ4v) is 6.73. The molecule has 2 aliphatic carbocycles. The molecule has 3 fully saturated rings. The highest BCUT2D eigenvalue weighted by Crippen LogP contribution is 2.48. The van der Waals surface area contributed by atoms with Gasteiger partial charge in [0.2, 0.25) is 0 Å². The van der Waals surface area contributed by atoms with Crippen LogP contribution in [0.1, 0.15) is 48.7 Å². The molecular weight excluding hydrogens is 456 g/mol. The summed E-state index contributed by atoms with van der Waals surface area (Å²) in [4.78, 5) is 19.7. The minimum absolute atomic E-state index is 0.492. The van der Waals surface area contributed by atoms with E-state index in [1.807, 2.05) is 0 Å². The van der Waals surface area contributed by atoms with Crippen molar-refractivity contribution in [2.75, 3.05) is 6.54 Å². The molecule has 0 radical (unpaired) electrons. The van der Waals surface area contributed by atoms with Crippen molar-refractivity contribution in [2.24, 2.45) is 5.92 Å². The number of aromatic amines is 2. The Bertz CT molecular complexity index is 1730. The van der Waals surface area contributed by atoms with E-state index in [0.717, 1.165) is 59.7 Å². The molecule has 2 aromatic heterocycles. The zero-order chi connectivity index (χ0) is 24.2. The van der Waals surface area contributed by atoms with Crippen LogP contribution in [0, 0.1) is 5.92 Å². The van der Waals surface area contributed by atoms with E-state index in [4.69, 9.17) is 9.97 Å². The Kier molecular flexibility index (Phi) is 4.06. The van der Waals surface area contributed by atoms with E-state index in [0.29, 0.717) is 12.1 Å². The summed E-state index contributed by atoms with van der Waals surface area (Å²) in [6.07, 6.45) is 4.61. The minimum atomic E-state index is 0.492. The van der Waals surface area contributed by atoms with Crippen LogP contribution in [0.2, 0.25) is 0 Å². The van der Waals surface area contributed by atoms with Crippen molar-refractivity contribution in [1.29, 1.82) is 0 Å². The van der Waals surface area contributed by atoms with Gasteiger partial charge in [0.05, 0.1) is 29.3 Å². The first-order chi connectivity index (χ1) is 18.2. The number of hydrogen-bond acceptors (Lipinski definition) is 4. The standard InChI is InChI=1S/C31H30N6/c1-16-10-26(16)32-14-28-33-24-8-4-19-11-17(2-6-22(19)29(24)35-28)18-3-7-23-20(12-18)5-9-25-30(23)36-31(34-25)27-13-21-15-37(21)27/h2-3,5-7,9,11-12,16,21,26-27,32H,4,8,10,13-15H2,1H3,(H,33,35)(H,34,36)/t16?,21-,26?,27-,37?/m0/s1. The predicted octanol–water partition coefficient (Wildman–Crippen LogP) is 5.50. The van der Waals surface area contributed by atoms with E-state index in [1.54, 1.807) is 0 Å². The number of aromatic nitrogens is 4. The van der Waals surface area contributed by atoms with Gasteiger partial charge in [-0.1, -0.05) is 43.3 Å². The summed E-state index contributed by atoms with van der Waals surface area (Å²) < 4.78 is 0. The number of fused-ring (bicyclic) bond motifs is 7. The van der Waals surface area contributed by atoms with Gasteiger partial charge >= 0.3 is 0 Å². The maximum absolute atomic E-state index is 5.04. The lowest BCUT2D eigenvalue weighted by molar-refractivity contribution is 0.245. The van der Waals surface area contributed by atoms with Crippen molar-refractivity contribution >= 4 is 21.8 Å². The van der Waals surface area contributed by atoms with Crippen molar-refractivity contribution in [1.82, 2.24) is 30.2 Å². The number of imidazole rings is 2. The van der Waals surface area contributed by atoms with Gasteiger partial charge in [0.1, 0.15) is 11.6 Å². The third-order valence-electron chi connectivity index (χ3n) is 9.26. The van der Waals surface area contributed by atoms with Crippen LogP contribution < -0.4 is 5.32 Å². The molecular formula is C31H30N6. The number of nitrogens with one attached hydrogen (secondary N) is 3. The van der Waals surface area contributed by atoms with Crippen LogP contribution in [-0.4, -0.2) is 43.5 Å². The van der Waals surface area contributed by atoms with Crippen molar-refractivity contribution in [3.8, 4) is 22.4 Å². The van der Waals surface area contributed by atoms with Crippen LogP contribution >= 0.6 is 0 Å². The first-order valence-corrected chi connectivity index (χ1v) is 13.8. The Labute approximate surface area is 215 Å². The largest absolute Gasteiger partial charge is 0.344 e. The van der Waals surface area contributed by atoms with Crippen molar-refractivity contribution in [2.45, 2.75) is 57.3 Å². The molecule has 3 unspecified atom stereocenters. The molecule has 0 spiro atoms. The summed E-state index contributed by atoms with van der Waals surface area (Å²) in [6, 6.07) is 20.1. The molecule has 3 N–H and O–H groups in total. The smallest absolute Gasteiger partial charge is 0.124 e. The molecule has 3 aromatic carbocycles. The lowest BCUT2D eigenvalue weighted by atomic mass is 9.89. The Hall–Kier alpha value is -3.48. The first kappa shape index (κ1) is 20.6. The van der Waals surface area contributed by atoms with Gasteiger partial charge in [-0.2, -0.15) is 0 Å².